The van der Waals surface area contributed by atoms with E-state index in [-0.39, 0.29) is 18.4 Å². The van der Waals surface area contributed by atoms with E-state index in [9.17, 15) is 4.79 Å². The first-order chi connectivity index (χ1) is 10.2. The summed E-state index contributed by atoms with van der Waals surface area (Å²) >= 11 is 0. The molecule has 1 aliphatic heterocycles. The number of nitrogens with one attached hydrogen (secondary N) is 1. The summed E-state index contributed by atoms with van der Waals surface area (Å²) in [6.45, 7) is 10.8. The molecular formula is C14H31N3O4. The molecule has 1 heterocycles. The van der Waals surface area contributed by atoms with Crippen LogP contribution in [0.3, 0.4) is 0 Å². The molecule has 7 nitrogen and oxygen atoms in total. The predicted molar refractivity (Wildman–Crippen MR) is 83.2 cm³/mol. The average Bonchev–Trinajstić information content (AvgIpc) is 2.51. The van der Waals surface area contributed by atoms with Gasteiger partial charge in [0.25, 0.3) is 6.47 Å². The van der Waals surface area contributed by atoms with Crippen molar-refractivity contribution in [3.8, 4) is 0 Å². The highest BCUT2D eigenvalue weighted by atomic mass is 16.5. The SMILES string of the molecule is CC.CCCC(N)C(=O)NCCN1CCOCC1.O=CO. The van der Waals surface area contributed by atoms with Crippen molar-refractivity contribution in [2.45, 2.75) is 39.7 Å². The van der Waals surface area contributed by atoms with Crippen molar-refractivity contribution in [2.24, 2.45) is 5.73 Å². The molecule has 0 aromatic carbocycles. The van der Waals surface area contributed by atoms with Gasteiger partial charge in [-0.3, -0.25) is 14.5 Å². The molecular weight excluding hydrogens is 274 g/mol. The Kier molecular flexibility index (Phi) is 17.8. The van der Waals surface area contributed by atoms with E-state index in [2.05, 4.69) is 10.2 Å². The molecule has 0 spiro atoms. The Bertz CT molecular complexity index is 246. The summed E-state index contributed by atoms with van der Waals surface area (Å²) in [6, 6.07) is -0.352. The van der Waals surface area contributed by atoms with Crippen molar-refractivity contribution >= 4 is 12.4 Å². The van der Waals surface area contributed by atoms with Gasteiger partial charge >= 0.3 is 0 Å². The first kappa shape index (κ1) is 22.1. The number of hydrogen-bond donors (Lipinski definition) is 3. The van der Waals surface area contributed by atoms with Crippen molar-refractivity contribution in [1.29, 1.82) is 0 Å². The molecule has 21 heavy (non-hydrogen) atoms. The lowest BCUT2D eigenvalue weighted by molar-refractivity contribution is -0.123. The topological polar surface area (TPSA) is 105 Å². The minimum Gasteiger partial charge on any atom is -0.483 e. The van der Waals surface area contributed by atoms with E-state index in [0.717, 1.165) is 45.7 Å². The number of carbonyl (C=O) groups excluding carboxylic acids is 1. The summed E-state index contributed by atoms with van der Waals surface area (Å²) in [5.41, 5.74) is 5.70. The van der Waals surface area contributed by atoms with Crippen molar-refractivity contribution in [3.05, 3.63) is 0 Å². The van der Waals surface area contributed by atoms with Crippen LogP contribution in [0.15, 0.2) is 0 Å². The zero-order chi connectivity index (χ0) is 16.5. The number of rotatable bonds is 6. The van der Waals surface area contributed by atoms with Crippen molar-refractivity contribution < 1.29 is 19.4 Å². The molecule has 1 amide bonds. The fourth-order valence-corrected chi connectivity index (χ4v) is 1.74. The maximum atomic E-state index is 11.5. The highest BCUT2D eigenvalue weighted by Crippen LogP contribution is 1.96. The van der Waals surface area contributed by atoms with Gasteiger partial charge in [-0.05, 0) is 6.42 Å². The Morgan fingerprint density at radius 2 is 1.95 bits per heavy atom. The lowest BCUT2D eigenvalue weighted by Gasteiger charge is -2.26. The number of ether oxygens (including phenoxy) is 1. The van der Waals surface area contributed by atoms with Gasteiger partial charge in [0.05, 0.1) is 19.3 Å². The van der Waals surface area contributed by atoms with Crippen LogP contribution in [0.5, 0.6) is 0 Å². The van der Waals surface area contributed by atoms with E-state index in [1.54, 1.807) is 0 Å². The molecule has 4 N–H and O–H groups in total. The summed E-state index contributed by atoms with van der Waals surface area (Å²) in [7, 11) is 0. The van der Waals surface area contributed by atoms with Crippen molar-refractivity contribution in [2.75, 3.05) is 39.4 Å². The minimum atomic E-state index is -0.352. The Hall–Kier alpha value is -1.18. The maximum Gasteiger partial charge on any atom is 0.290 e. The summed E-state index contributed by atoms with van der Waals surface area (Å²) in [6.07, 6.45) is 1.70. The Labute approximate surface area is 127 Å². The van der Waals surface area contributed by atoms with E-state index in [1.807, 2.05) is 20.8 Å². The lowest BCUT2D eigenvalue weighted by atomic mass is 10.2. The second-order valence-corrected chi connectivity index (χ2v) is 4.25. The fourth-order valence-electron chi connectivity index (χ4n) is 1.74. The summed E-state index contributed by atoms with van der Waals surface area (Å²) < 4.78 is 5.25. The fraction of sp³-hybridized carbons (Fsp3) is 0.857. The summed E-state index contributed by atoms with van der Waals surface area (Å²) in [5.74, 6) is -0.0323. The molecule has 1 atom stereocenters. The zero-order valence-electron chi connectivity index (χ0n) is 13.5. The Morgan fingerprint density at radius 3 is 2.43 bits per heavy atom. The molecule has 1 saturated heterocycles. The molecule has 1 aliphatic rings. The van der Waals surface area contributed by atoms with Gasteiger partial charge in [-0.1, -0.05) is 27.2 Å². The van der Waals surface area contributed by atoms with Gasteiger partial charge < -0.3 is 20.9 Å². The highest BCUT2D eigenvalue weighted by Gasteiger charge is 2.13. The Morgan fingerprint density at radius 1 is 1.43 bits per heavy atom. The zero-order valence-corrected chi connectivity index (χ0v) is 13.5. The number of morpholine rings is 1. The standard InChI is InChI=1S/C11H23N3O2.C2H6.CH2O2/c1-2-3-10(12)11(15)13-4-5-14-6-8-16-9-7-14;1-2;2-1-3/h10H,2-9,12H2,1H3,(H,13,15);1-2H3;1H,(H,2,3). The molecule has 126 valence electrons. The molecule has 0 saturated carbocycles. The van der Waals surface area contributed by atoms with E-state index in [4.69, 9.17) is 20.4 Å². The van der Waals surface area contributed by atoms with Crippen LogP contribution in [0.1, 0.15) is 33.6 Å². The van der Waals surface area contributed by atoms with E-state index in [1.165, 1.54) is 0 Å². The molecule has 0 radical (unpaired) electrons. The normalized spacial score (nSPS) is 15.6. The molecule has 0 aromatic heterocycles. The predicted octanol–water partition coefficient (Wildman–Crippen LogP) is 0.289. The molecule has 0 aromatic rings. The monoisotopic (exact) mass is 305 g/mol. The molecule has 1 unspecified atom stereocenters. The second-order valence-electron chi connectivity index (χ2n) is 4.25. The van der Waals surface area contributed by atoms with Crippen LogP contribution in [0, 0.1) is 0 Å². The first-order valence-corrected chi connectivity index (χ1v) is 7.56. The van der Waals surface area contributed by atoms with E-state index in [0.29, 0.717) is 6.54 Å². The Balaban J connectivity index is 0. The quantitative estimate of drug-likeness (QED) is 0.609. The molecule has 1 fully saturated rings. The average molecular weight is 305 g/mol. The molecule has 1 rings (SSSR count). The van der Waals surface area contributed by atoms with Gasteiger partial charge in [0.2, 0.25) is 5.91 Å². The number of carboxylic acid groups (broad SMARTS) is 1. The number of amides is 1. The number of hydrogen-bond acceptors (Lipinski definition) is 5. The van der Waals surface area contributed by atoms with Crippen molar-refractivity contribution in [3.63, 3.8) is 0 Å². The van der Waals surface area contributed by atoms with Crippen LogP contribution in [-0.4, -0.2) is 67.8 Å². The summed E-state index contributed by atoms with van der Waals surface area (Å²) in [5, 5.41) is 9.76. The number of nitrogens with two attached hydrogens (primary N) is 1. The third kappa shape index (κ3) is 13.6. The highest BCUT2D eigenvalue weighted by molar-refractivity contribution is 5.81. The first-order valence-electron chi connectivity index (χ1n) is 7.56. The third-order valence-corrected chi connectivity index (χ3v) is 2.77. The molecule has 0 aliphatic carbocycles. The van der Waals surface area contributed by atoms with Gasteiger partial charge in [0.15, 0.2) is 0 Å². The van der Waals surface area contributed by atoms with E-state index < -0.39 is 0 Å². The van der Waals surface area contributed by atoms with Gasteiger partial charge in [-0.25, -0.2) is 0 Å². The maximum absolute atomic E-state index is 11.5. The van der Waals surface area contributed by atoms with Gasteiger partial charge in [-0.15, -0.1) is 0 Å². The van der Waals surface area contributed by atoms with Gasteiger partial charge in [0.1, 0.15) is 0 Å². The van der Waals surface area contributed by atoms with Crippen LogP contribution < -0.4 is 11.1 Å². The molecule has 0 bridgehead atoms. The van der Waals surface area contributed by atoms with Crippen LogP contribution in [0.25, 0.3) is 0 Å². The van der Waals surface area contributed by atoms with E-state index >= 15 is 0 Å². The third-order valence-electron chi connectivity index (χ3n) is 2.77. The van der Waals surface area contributed by atoms with Gasteiger partial charge in [0, 0.05) is 26.2 Å². The van der Waals surface area contributed by atoms with Crippen molar-refractivity contribution in [1.82, 2.24) is 10.2 Å². The second kappa shape index (κ2) is 16.9. The molecule has 7 heteroatoms. The van der Waals surface area contributed by atoms with Gasteiger partial charge in [-0.2, -0.15) is 0 Å². The van der Waals surface area contributed by atoms with Crippen LogP contribution in [0.4, 0.5) is 0 Å². The van der Waals surface area contributed by atoms with Crippen LogP contribution in [0.2, 0.25) is 0 Å². The van der Waals surface area contributed by atoms with Crippen LogP contribution >= 0.6 is 0 Å². The number of carbonyl (C=O) groups is 2. The van der Waals surface area contributed by atoms with Crippen LogP contribution in [-0.2, 0) is 14.3 Å². The minimum absolute atomic E-state index is 0.0323. The summed E-state index contributed by atoms with van der Waals surface area (Å²) in [4.78, 5) is 22.1. The smallest absolute Gasteiger partial charge is 0.290 e. The lowest BCUT2D eigenvalue weighted by Crippen LogP contribution is -2.45. The largest absolute Gasteiger partial charge is 0.483 e. The number of nitrogens with zero attached hydrogens (tertiary/aromatic N) is 1.